The summed E-state index contributed by atoms with van der Waals surface area (Å²) in [5, 5.41) is 8.87. The molecule has 1 aromatic carbocycles. The zero-order valence-corrected chi connectivity index (χ0v) is 11.9. The fourth-order valence-corrected chi connectivity index (χ4v) is 2.09. The Labute approximate surface area is 115 Å². The number of unbranched alkanes of at least 4 members (excludes halogenated alkanes) is 2. The number of carboxylic acid groups (broad SMARTS) is 1. The molecule has 1 N–H and O–H groups in total. The van der Waals surface area contributed by atoms with Crippen molar-refractivity contribution in [1.82, 2.24) is 0 Å². The lowest BCUT2D eigenvalue weighted by Gasteiger charge is -2.13. The van der Waals surface area contributed by atoms with Gasteiger partial charge in [-0.1, -0.05) is 38.8 Å². The first-order valence-corrected chi connectivity index (χ1v) is 7.11. The van der Waals surface area contributed by atoms with Crippen molar-refractivity contribution in [2.24, 2.45) is 0 Å². The van der Waals surface area contributed by atoms with E-state index in [1.807, 2.05) is 31.2 Å². The maximum absolute atomic E-state index is 10.8. The number of rotatable bonds is 9. The van der Waals surface area contributed by atoms with E-state index in [1.54, 1.807) is 0 Å². The van der Waals surface area contributed by atoms with Gasteiger partial charge in [-0.2, -0.15) is 0 Å². The molecule has 0 bridgehead atoms. The van der Waals surface area contributed by atoms with Gasteiger partial charge in [-0.25, -0.2) is 0 Å². The highest BCUT2D eigenvalue weighted by atomic mass is 16.5. The number of aliphatic carboxylic acids is 1. The molecule has 3 nitrogen and oxygen atoms in total. The predicted octanol–water partition coefficient (Wildman–Crippen LogP) is 4.22. The number of carboxylic acids is 1. The molecule has 1 atom stereocenters. The van der Waals surface area contributed by atoms with Gasteiger partial charge in [-0.05, 0) is 36.5 Å². The number of ether oxygens (including phenoxy) is 1. The molecule has 0 aromatic heterocycles. The molecule has 1 rings (SSSR count). The van der Waals surface area contributed by atoms with Gasteiger partial charge in [0.05, 0.1) is 13.0 Å². The largest absolute Gasteiger partial charge is 0.494 e. The quantitative estimate of drug-likeness (QED) is 0.679. The van der Waals surface area contributed by atoms with Crippen LogP contribution in [-0.4, -0.2) is 17.7 Å². The first kappa shape index (κ1) is 15.5. The topological polar surface area (TPSA) is 46.5 Å². The molecule has 3 heteroatoms. The molecule has 0 aliphatic carbocycles. The summed E-state index contributed by atoms with van der Waals surface area (Å²) in [6, 6.07) is 7.83. The van der Waals surface area contributed by atoms with Gasteiger partial charge in [0, 0.05) is 0 Å². The van der Waals surface area contributed by atoms with Crippen molar-refractivity contribution in [2.45, 2.75) is 51.9 Å². The Balaban J connectivity index is 2.52. The predicted molar refractivity (Wildman–Crippen MR) is 76.7 cm³/mol. The second-order valence-corrected chi connectivity index (χ2v) is 4.83. The lowest BCUT2D eigenvalue weighted by atomic mass is 9.93. The van der Waals surface area contributed by atoms with Crippen molar-refractivity contribution < 1.29 is 14.6 Å². The van der Waals surface area contributed by atoms with Gasteiger partial charge in [0.2, 0.25) is 0 Å². The molecule has 0 saturated carbocycles. The van der Waals surface area contributed by atoms with Crippen molar-refractivity contribution in [1.29, 1.82) is 0 Å². The van der Waals surface area contributed by atoms with Gasteiger partial charge in [-0.3, -0.25) is 4.79 Å². The summed E-state index contributed by atoms with van der Waals surface area (Å²) in [6.45, 7) is 4.93. The van der Waals surface area contributed by atoms with Crippen molar-refractivity contribution in [2.75, 3.05) is 6.61 Å². The molecule has 106 valence electrons. The van der Waals surface area contributed by atoms with Crippen LogP contribution in [0.25, 0.3) is 0 Å². The minimum absolute atomic E-state index is 0.0895. The van der Waals surface area contributed by atoms with Crippen LogP contribution in [0.4, 0.5) is 0 Å². The van der Waals surface area contributed by atoms with E-state index in [0.29, 0.717) is 0 Å². The highest BCUT2D eigenvalue weighted by molar-refractivity contribution is 5.68. The Morgan fingerprint density at radius 2 is 1.89 bits per heavy atom. The average Bonchev–Trinajstić information content (AvgIpc) is 2.41. The van der Waals surface area contributed by atoms with Gasteiger partial charge >= 0.3 is 5.97 Å². The Morgan fingerprint density at radius 1 is 1.21 bits per heavy atom. The molecule has 19 heavy (non-hydrogen) atoms. The van der Waals surface area contributed by atoms with Gasteiger partial charge in [-0.15, -0.1) is 0 Å². The molecule has 0 heterocycles. The summed E-state index contributed by atoms with van der Waals surface area (Å²) in [7, 11) is 0. The van der Waals surface area contributed by atoms with Crippen LogP contribution in [0.2, 0.25) is 0 Å². The molecule has 0 radical (unpaired) electrons. The van der Waals surface area contributed by atoms with Crippen LogP contribution in [0.15, 0.2) is 24.3 Å². The maximum atomic E-state index is 10.8. The van der Waals surface area contributed by atoms with E-state index in [4.69, 9.17) is 9.84 Å². The number of benzene rings is 1. The third-order valence-electron chi connectivity index (χ3n) is 3.28. The van der Waals surface area contributed by atoms with Gasteiger partial charge in [0.15, 0.2) is 0 Å². The second kappa shape index (κ2) is 8.57. The van der Waals surface area contributed by atoms with E-state index in [0.717, 1.165) is 30.8 Å². The first-order valence-electron chi connectivity index (χ1n) is 7.11. The summed E-state index contributed by atoms with van der Waals surface area (Å²) in [6.07, 6.45) is 4.48. The lowest BCUT2D eigenvalue weighted by Crippen LogP contribution is -2.05. The van der Waals surface area contributed by atoms with Gasteiger partial charge in [0.1, 0.15) is 5.75 Å². The fourth-order valence-electron chi connectivity index (χ4n) is 2.09. The summed E-state index contributed by atoms with van der Waals surface area (Å²) in [5.74, 6) is 0.211. The van der Waals surface area contributed by atoms with Gasteiger partial charge < -0.3 is 9.84 Å². The van der Waals surface area contributed by atoms with Gasteiger partial charge in [0.25, 0.3) is 0 Å². The number of hydrogen-bond donors (Lipinski definition) is 1. The normalized spacial score (nSPS) is 12.1. The van der Waals surface area contributed by atoms with Crippen LogP contribution in [0, 0.1) is 0 Å². The van der Waals surface area contributed by atoms with E-state index in [9.17, 15) is 4.79 Å². The molecule has 1 aromatic rings. The Morgan fingerprint density at radius 3 is 2.42 bits per heavy atom. The molecule has 0 amide bonds. The molecule has 0 spiro atoms. The van der Waals surface area contributed by atoms with Crippen LogP contribution in [0.1, 0.15) is 57.4 Å². The highest BCUT2D eigenvalue weighted by Gasteiger charge is 2.13. The lowest BCUT2D eigenvalue weighted by molar-refractivity contribution is -0.137. The molecule has 0 fully saturated rings. The highest BCUT2D eigenvalue weighted by Crippen LogP contribution is 2.25. The van der Waals surface area contributed by atoms with E-state index < -0.39 is 5.97 Å². The summed E-state index contributed by atoms with van der Waals surface area (Å²) in [5.41, 5.74) is 1.07. The first-order chi connectivity index (χ1) is 9.17. The van der Waals surface area contributed by atoms with E-state index in [2.05, 4.69) is 6.92 Å². The molecular formula is C16H24O3. The van der Waals surface area contributed by atoms with E-state index >= 15 is 0 Å². The molecule has 0 aliphatic rings. The smallest absolute Gasteiger partial charge is 0.303 e. The summed E-state index contributed by atoms with van der Waals surface area (Å²) in [4.78, 5) is 10.8. The molecule has 0 aliphatic heterocycles. The molecule has 0 saturated heterocycles. The minimum Gasteiger partial charge on any atom is -0.494 e. The van der Waals surface area contributed by atoms with Crippen LogP contribution in [-0.2, 0) is 4.79 Å². The minimum atomic E-state index is -0.744. The fraction of sp³-hybridized carbons (Fsp3) is 0.562. The average molecular weight is 264 g/mol. The number of hydrogen-bond acceptors (Lipinski definition) is 2. The number of carbonyl (C=O) groups is 1. The van der Waals surface area contributed by atoms with Crippen molar-refractivity contribution in [3.8, 4) is 5.75 Å². The van der Waals surface area contributed by atoms with Crippen molar-refractivity contribution >= 4 is 5.97 Å². The zero-order valence-electron chi connectivity index (χ0n) is 11.9. The third-order valence-corrected chi connectivity index (χ3v) is 3.28. The zero-order chi connectivity index (χ0) is 14.1. The van der Waals surface area contributed by atoms with E-state index in [1.165, 1.54) is 12.8 Å². The summed E-state index contributed by atoms with van der Waals surface area (Å²) >= 11 is 0. The Bertz CT molecular complexity index is 370. The summed E-state index contributed by atoms with van der Waals surface area (Å²) < 4.78 is 5.64. The Kier molecular flexibility index (Phi) is 7.01. The van der Waals surface area contributed by atoms with E-state index in [-0.39, 0.29) is 12.3 Å². The monoisotopic (exact) mass is 264 g/mol. The third kappa shape index (κ3) is 5.77. The SMILES string of the molecule is CCCCCOc1ccc(C(CC)CC(=O)O)cc1. The molecule has 1 unspecified atom stereocenters. The van der Waals surface area contributed by atoms with Crippen LogP contribution in [0.3, 0.4) is 0 Å². The van der Waals surface area contributed by atoms with Crippen molar-refractivity contribution in [3.05, 3.63) is 29.8 Å². The van der Waals surface area contributed by atoms with Crippen LogP contribution >= 0.6 is 0 Å². The maximum Gasteiger partial charge on any atom is 0.303 e. The second-order valence-electron chi connectivity index (χ2n) is 4.83. The Hall–Kier alpha value is -1.51. The standard InChI is InChI=1S/C16H24O3/c1-3-5-6-11-19-15-9-7-14(8-10-15)13(4-2)12-16(17)18/h7-10,13H,3-6,11-12H2,1-2H3,(H,17,18). The molecular weight excluding hydrogens is 240 g/mol. The van der Waals surface area contributed by atoms with Crippen LogP contribution < -0.4 is 4.74 Å². The van der Waals surface area contributed by atoms with Crippen LogP contribution in [0.5, 0.6) is 5.75 Å². The van der Waals surface area contributed by atoms with Crippen molar-refractivity contribution in [3.63, 3.8) is 0 Å².